The van der Waals surface area contributed by atoms with Crippen LogP contribution in [0.25, 0.3) is 0 Å². The number of carbonyl (C=O) groups excluding carboxylic acids is 2. The average Bonchev–Trinajstić information content (AvgIpc) is 2.57. The van der Waals surface area contributed by atoms with Crippen LogP contribution in [-0.4, -0.2) is 23.8 Å². The highest BCUT2D eigenvalue weighted by molar-refractivity contribution is 5.94. The molecule has 1 N–H and O–H groups in total. The number of hydrogen-bond acceptors (Lipinski definition) is 2. The Morgan fingerprint density at radius 2 is 1.80 bits per heavy atom. The number of piperidine rings is 1. The maximum Gasteiger partial charge on any atom is 0.229 e. The predicted octanol–water partition coefficient (Wildman–Crippen LogP) is 3.51. The van der Waals surface area contributed by atoms with Crippen molar-refractivity contribution in [3.63, 3.8) is 0 Å². The van der Waals surface area contributed by atoms with Gasteiger partial charge in [-0.1, -0.05) is 18.2 Å². The van der Waals surface area contributed by atoms with Gasteiger partial charge in [0.25, 0.3) is 0 Å². The van der Waals surface area contributed by atoms with Crippen LogP contribution < -0.4 is 5.32 Å². The highest BCUT2D eigenvalue weighted by Gasteiger charge is 2.39. The summed E-state index contributed by atoms with van der Waals surface area (Å²) in [4.78, 5) is 26.3. The Kier molecular flexibility index (Phi) is 4.79. The lowest BCUT2D eigenvalue weighted by molar-refractivity contribution is -0.140. The van der Waals surface area contributed by atoms with Crippen LogP contribution in [0.15, 0.2) is 48.5 Å². The van der Waals surface area contributed by atoms with E-state index in [2.05, 4.69) is 5.32 Å². The summed E-state index contributed by atoms with van der Waals surface area (Å²) in [5.74, 6) is -1.83. The Morgan fingerprint density at radius 1 is 1.12 bits per heavy atom. The molecule has 4 nitrogen and oxygen atoms in total. The van der Waals surface area contributed by atoms with Crippen molar-refractivity contribution in [1.29, 1.82) is 0 Å². The lowest BCUT2D eigenvalue weighted by atomic mass is 9.84. The molecule has 1 heterocycles. The maximum atomic E-state index is 13.6. The minimum Gasteiger partial charge on any atom is -0.338 e. The molecule has 2 atom stereocenters. The molecular weight excluding hydrogens is 326 g/mol. The van der Waals surface area contributed by atoms with E-state index in [1.54, 1.807) is 25.2 Å². The Hall–Kier alpha value is -2.76. The Bertz CT molecular complexity index is 810. The fourth-order valence-corrected chi connectivity index (χ4v) is 3.26. The van der Waals surface area contributed by atoms with Crippen molar-refractivity contribution < 1.29 is 18.4 Å². The zero-order chi connectivity index (χ0) is 18.0. The van der Waals surface area contributed by atoms with E-state index in [4.69, 9.17) is 0 Å². The molecular formula is C19H18F2N2O2. The molecule has 130 valence electrons. The van der Waals surface area contributed by atoms with Gasteiger partial charge in [0.1, 0.15) is 11.6 Å². The number of likely N-dealkylation sites (tertiary alicyclic amines) is 1. The predicted molar refractivity (Wildman–Crippen MR) is 89.7 cm³/mol. The number of carbonyl (C=O) groups is 2. The van der Waals surface area contributed by atoms with Gasteiger partial charge < -0.3 is 10.2 Å². The summed E-state index contributed by atoms with van der Waals surface area (Å²) in [5, 5.41) is 2.69. The minimum atomic E-state index is -0.564. The molecule has 0 radical (unpaired) electrons. The second-order valence-electron chi connectivity index (χ2n) is 6.15. The summed E-state index contributed by atoms with van der Waals surface area (Å²) in [6, 6.07) is 11.0. The number of benzene rings is 2. The summed E-state index contributed by atoms with van der Waals surface area (Å²) in [6.45, 7) is 0. The number of rotatable bonds is 3. The van der Waals surface area contributed by atoms with Gasteiger partial charge in [-0.25, -0.2) is 8.78 Å². The van der Waals surface area contributed by atoms with E-state index >= 15 is 0 Å². The molecule has 25 heavy (non-hydrogen) atoms. The molecule has 0 aromatic heterocycles. The van der Waals surface area contributed by atoms with Crippen molar-refractivity contribution in [1.82, 2.24) is 4.90 Å². The molecule has 2 aromatic rings. The van der Waals surface area contributed by atoms with Crippen LogP contribution in [0.4, 0.5) is 14.5 Å². The third-order valence-corrected chi connectivity index (χ3v) is 4.48. The van der Waals surface area contributed by atoms with Gasteiger partial charge in [0.2, 0.25) is 11.8 Å². The molecule has 0 bridgehead atoms. The fourth-order valence-electron chi connectivity index (χ4n) is 3.26. The summed E-state index contributed by atoms with van der Waals surface area (Å²) < 4.78 is 26.9. The zero-order valence-corrected chi connectivity index (χ0v) is 13.7. The Balaban J connectivity index is 1.89. The van der Waals surface area contributed by atoms with E-state index in [0.29, 0.717) is 17.7 Å². The average molecular weight is 344 g/mol. The SMILES string of the molecule is CN1C(=O)CCC(C(=O)Nc2cccc(F)c2)C1c1cccc(F)c1. The van der Waals surface area contributed by atoms with Gasteiger partial charge in [-0.3, -0.25) is 9.59 Å². The summed E-state index contributed by atoms with van der Waals surface area (Å²) >= 11 is 0. The number of anilines is 1. The van der Waals surface area contributed by atoms with Crippen LogP contribution in [0.3, 0.4) is 0 Å². The van der Waals surface area contributed by atoms with Crippen molar-refractivity contribution in [3.05, 3.63) is 65.7 Å². The molecule has 0 saturated carbocycles. The van der Waals surface area contributed by atoms with Crippen molar-refractivity contribution in [2.24, 2.45) is 5.92 Å². The molecule has 0 spiro atoms. The Labute approximate surface area is 144 Å². The Morgan fingerprint density at radius 3 is 2.48 bits per heavy atom. The molecule has 1 aliphatic rings. The summed E-state index contributed by atoms with van der Waals surface area (Å²) in [5.41, 5.74) is 0.914. The van der Waals surface area contributed by atoms with E-state index in [9.17, 15) is 18.4 Å². The molecule has 3 rings (SSSR count). The van der Waals surface area contributed by atoms with Crippen LogP contribution >= 0.6 is 0 Å². The monoisotopic (exact) mass is 344 g/mol. The highest BCUT2D eigenvalue weighted by Crippen LogP contribution is 2.36. The number of nitrogens with zero attached hydrogens (tertiary/aromatic N) is 1. The van der Waals surface area contributed by atoms with E-state index in [0.717, 1.165) is 0 Å². The zero-order valence-electron chi connectivity index (χ0n) is 13.7. The highest BCUT2D eigenvalue weighted by atomic mass is 19.1. The van der Waals surface area contributed by atoms with Crippen molar-refractivity contribution >= 4 is 17.5 Å². The van der Waals surface area contributed by atoms with Gasteiger partial charge in [-0.05, 0) is 42.3 Å². The standard InChI is InChI=1S/C19H18F2N2O2/c1-23-17(24)9-8-16(18(23)12-4-2-5-13(20)10-12)19(25)22-15-7-3-6-14(21)11-15/h2-7,10-11,16,18H,8-9H2,1H3,(H,22,25). The molecule has 2 unspecified atom stereocenters. The third kappa shape index (κ3) is 3.68. The molecule has 1 saturated heterocycles. The first-order chi connectivity index (χ1) is 12.0. The number of hydrogen-bond donors (Lipinski definition) is 1. The van der Waals surface area contributed by atoms with Gasteiger partial charge in [0, 0.05) is 19.2 Å². The second-order valence-corrected chi connectivity index (χ2v) is 6.15. The first-order valence-corrected chi connectivity index (χ1v) is 8.03. The van der Waals surface area contributed by atoms with Crippen LogP contribution in [0.1, 0.15) is 24.4 Å². The van der Waals surface area contributed by atoms with Crippen molar-refractivity contribution in [2.45, 2.75) is 18.9 Å². The van der Waals surface area contributed by atoms with Gasteiger partial charge in [-0.15, -0.1) is 0 Å². The molecule has 2 aromatic carbocycles. The number of nitrogens with one attached hydrogen (secondary N) is 1. The number of amides is 2. The molecule has 1 aliphatic heterocycles. The molecule has 2 amide bonds. The largest absolute Gasteiger partial charge is 0.338 e. The van der Waals surface area contributed by atoms with E-state index in [1.165, 1.54) is 35.2 Å². The third-order valence-electron chi connectivity index (χ3n) is 4.48. The normalized spacial score (nSPS) is 20.4. The molecule has 6 heteroatoms. The van der Waals surface area contributed by atoms with Crippen molar-refractivity contribution in [3.8, 4) is 0 Å². The maximum absolute atomic E-state index is 13.6. The van der Waals surface area contributed by atoms with Gasteiger partial charge in [0.15, 0.2) is 0 Å². The first kappa shape index (κ1) is 17.1. The molecule has 1 fully saturated rings. The summed E-state index contributed by atoms with van der Waals surface area (Å²) in [6.07, 6.45) is 0.592. The smallest absolute Gasteiger partial charge is 0.229 e. The first-order valence-electron chi connectivity index (χ1n) is 8.03. The van der Waals surface area contributed by atoms with E-state index < -0.39 is 23.6 Å². The number of halogens is 2. The molecule has 0 aliphatic carbocycles. The van der Waals surface area contributed by atoms with Crippen LogP contribution in [0, 0.1) is 17.6 Å². The van der Waals surface area contributed by atoms with Crippen LogP contribution in [0.2, 0.25) is 0 Å². The van der Waals surface area contributed by atoms with Gasteiger partial charge in [-0.2, -0.15) is 0 Å². The lowest BCUT2D eigenvalue weighted by Gasteiger charge is -2.38. The van der Waals surface area contributed by atoms with E-state index in [1.807, 2.05) is 0 Å². The lowest BCUT2D eigenvalue weighted by Crippen LogP contribution is -2.44. The van der Waals surface area contributed by atoms with E-state index in [-0.39, 0.29) is 18.2 Å². The van der Waals surface area contributed by atoms with Gasteiger partial charge in [0.05, 0.1) is 12.0 Å². The minimum absolute atomic E-state index is 0.0935. The van der Waals surface area contributed by atoms with Crippen LogP contribution in [-0.2, 0) is 9.59 Å². The fraction of sp³-hybridized carbons (Fsp3) is 0.263. The quantitative estimate of drug-likeness (QED) is 0.926. The topological polar surface area (TPSA) is 49.4 Å². The van der Waals surface area contributed by atoms with Gasteiger partial charge >= 0.3 is 0 Å². The van der Waals surface area contributed by atoms with Crippen molar-refractivity contribution in [2.75, 3.05) is 12.4 Å². The summed E-state index contributed by atoms with van der Waals surface area (Å²) in [7, 11) is 1.61. The van der Waals surface area contributed by atoms with Crippen LogP contribution in [0.5, 0.6) is 0 Å². The second kappa shape index (κ2) is 7.01.